The first kappa shape index (κ1) is 11.0. The van der Waals surface area contributed by atoms with Gasteiger partial charge in [-0.3, -0.25) is 4.40 Å². The predicted molar refractivity (Wildman–Crippen MR) is 69.4 cm³/mol. The van der Waals surface area contributed by atoms with Crippen LogP contribution in [0.3, 0.4) is 0 Å². The first-order valence-corrected chi connectivity index (χ1v) is 6.13. The number of benzene rings is 1. The highest BCUT2D eigenvalue weighted by atomic mass is 32.1. The zero-order valence-corrected chi connectivity index (χ0v) is 10.4. The van der Waals surface area contributed by atoms with Crippen molar-refractivity contribution in [1.29, 1.82) is 0 Å². The van der Waals surface area contributed by atoms with Crippen molar-refractivity contribution < 1.29 is 9.13 Å². The van der Waals surface area contributed by atoms with Crippen molar-refractivity contribution in [1.82, 2.24) is 9.38 Å². The molecule has 92 valence electrons. The molecule has 4 nitrogen and oxygen atoms in total. The molecule has 2 aromatic heterocycles. The van der Waals surface area contributed by atoms with E-state index in [-0.39, 0.29) is 5.82 Å². The maximum Gasteiger partial charge on any atom is 0.206 e. The summed E-state index contributed by atoms with van der Waals surface area (Å²) in [5.41, 5.74) is 7.25. The summed E-state index contributed by atoms with van der Waals surface area (Å²) in [6.07, 6.45) is 1.69. The van der Waals surface area contributed by atoms with Crippen molar-refractivity contribution in [3.8, 4) is 17.0 Å². The molecular formula is C12H10FN3OS. The Morgan fingerprint density at radius 3 is 3.06 bits per heavy atom. The Morgan fingerprint density at radius 1 is 1.44 bits per heavy atom. The van der Waals surface area contributed by atoms with E-state index in [9.17, 15) is 4.39 Å². The molecule has 6 heteroatoms. The average molecular weight is 263 g/mol. The number of halogens is 1. The summed E-state index contributed by atoms with van der Waals surface area (Å²) >= 11 is 1.50. The minimum atomic E-state index is -0.316. The Kier molecular flexibility index (Phi) is 2.45. The molecule has 0 fully saturated rings. The minimum absolute atomic E-state index is 0.316. The number of thiazole rings is 1. The molecule has 3 rings (SSSR count). The Labute approximate surface area is 106 Å². The van der Waals surface area contributed by atoms with Crippen LogP contribution in [0, 0.1) is 5.82 Å². The number of rotatable bonds is 2. The van der Waals surface area contributed by atoms with Crippen LogP contribution >= 0.6 is 11.3 Å². The monoisotopic (exact) mass is 263 g/mol. The first-order valence-electron chi connectivity index (χ1n) is 5.25. The maximum atomic E-state index is 13.4. The Hall–Kier alpha value is -2.08. The number of fused-ring (bicyclic) bond motifs is 1. The van der Waals surface area contributed by atoms with Crippen LogP contribution in [-0.2, 0) is 0 Å². The molecule has 2 N–H and O–H groups in total. The summed E-state index contributed by atoms with van der Waals surface area (Å²) in [7, 11) is 1.55. The molecule has 3 aromatic rings. The van der Waals surface area contributed by atoms with E-state index in [2.05, 4.69) is 4.98 Å². The quantitative estimate of drug-likeness (QED) is 0.773. The SMILES string of the molecule is COc1ccc(F)cc1-c1csc2cnc(N)n12. The van der Waals surface area contributed by atoms with Crippen molar-refractivity contribution >= 4 is 22.1 Å². The zero-order chi connectivity index (χ0) is 12.7. The van der Waals surface area contributed by atoms with Gasteiger partial charge in [0, 0.05) is 10.9 Å². The second kappa shape index (κ2) is 3.99. The van der Waals surface area contributed by atoms with Crippen LogP contribution in [-0.4, -0.2) is 16.5 Å². The van der Waals surface area contributed by atoms with Gasteiger partial charge in [-0.2, -0.15) is 0 Å². The van der Waals surface area contributed by atoms with Crippen LogP contribution < -0.4 is 10.5 Å². The van der Waals surface area contributed by atoms with Gasteiger partial charge in [0.25, 0.3) is 0 Å². The second-order valence-electron chi connectivity index (χ2n) is 3.76. The van der Waals surface area contributed by atoms with Crippen LogP contribution in [0.5, 0.6) is 5.75 Å². The lowest BCUT2D eigenvalue weighted by molar-refractivity contribution is 0.415. The number of anilines is 1. The number of ether oxygens (including phenoxy) is 1. The van der Waals surface area contributed by atoms with Crippen molar-refractivity contribution in [2.75, 3.05) is 12.8 Å². The van der Waals surface area contributed by atoms with E-state index in [0.29, 0.717) is 17.3 Å². The van der Waals surface area contributed by atoms with E-state index >= 15 is 0 Å². The third-order valence-corrected chi connectivity index (χ3v) is 3.60. The molecule has 0 spiro atoms. The molecule has 0 atom stereocenters. The summed E-state index contributed by atoms with van der Waals surface area (Å²) in [5.74, 6) is 0.667. The molecule has 0 aliphatic carbocycles. The zero-order valence-electron chi connectivity index (χ0n) is 9.55. The van der Waals surface area contributed by atoms with E-state index in [1.165, 1.54) is 23.5 Å². The van der Waals surface area contributed by atoms with E-state index in [0.717, 1.165) is 10.5 Å². The fourth-order valence-corrected chi connectivity index (χ4v) is 2.78. The largest absolute Gasteiger partial charge is 0.496 e. The molecule has 0 saturated carbocycles. The lowest BCUT2D eigenvalue weighted by Gasteiger charge is -2.08. The number of nitrogens with zero attached hydrogens (tertiary/aromatic N) is 2. The van der Waals surface area contributed by atoms with Gasteiger partial charge in [-0.1, -0.05) is 0 Å². The van der Waals surface area contributed by atoms with Crippen LogP contribution in [0.4, 0.5) is 10.3 Å². The molecule has 0 saturated heterocycles. The van der Waals surface area contributed by atoms with Gasteiger partial charge in [0.05, 0.1) is 19.0 Å². The fraction of sp³-hybridized carbons (Fsp3) is 0.0833. The molecule has 2 heterocycles. The lowest BCUT2D eigenvalue weighted by atomic mass is 10.1. The normalized spacial score (nSPS) is 11.0. The van der Waals surface area contributed by atoms with Crippen LogP contribution in [0.2, 0.25) is 0 Å². The number of imidazole rings is 1. The number of methoxy groups -OCH3 is 1. The molecule has 0 radical (unpaired) electrons. The molecule has 0 amide bonds. The van der Waals surface area contributed by atoms with Gasteiger partial charge < -0.3 is 10.5 Å². The molecule has 1 aromatic carbocycles. The van der Waals surface area contributed by atoms with Gasteiger partial charge in [-0.05, 0) is 18.2 Å². The van der Waals surface area contributed by atoms with Gasteiger partial charge in [-0.15, -0.1) is 11.3 Å². The van der Waals surface area contributed by atoms with Gasteiger partial charge >= 0.3 is 0 Å². The second-order valence-corrected chi connectivity index (χ2v) is 4.65. The number of aromatic nitrogens is 2. The van der Waals surface area contributed by atoms with Crippen LogP contribution in [0.25, 0.3) is 16.1 Å². The van der Waals surface area contributed by atoms with E-state index in [1.54, 1.807) is 23.8 Å². The molecular weight excluding hydrogens is 253 g/mol. The number of hydrogen-bond acceptors (Lipinski definition) is 4. The number of nitrogen functional groups attached to an aromatic ring is 1. The molecule has 0 unspecified atom stereocenters. The Bertz CT molecular complexity index is 719. The summed E-state index contributed by atoms with van der Waals surface area (Å²) in [6.45, 7) is 0. The van der Waals surface area contributed by atoms with Crippen molar-refractivity contribution in [3.05, 3.63) is 35.6 Å². The highest BCUT2D eigenvalue weighted by molar-refractivity contribution is 7.16. The van der Waals surface area contributed by atoms with Crippen LogP contribution in [0.1, 0.15) is 0 Å². The van der Waals surface area contributed by atoms with Gasteiger partial charge in [0.2, 0.25) is 5.95 Å². The average Bonchev–Trinajstić information content (AvgIpc) is 2.93. The molecule has 18 heavy (non-hydrogen) atoms. The summed E-state index contributed by atoms with van der Waals surface area (Å²) in [4.78, 5) is 4.95. The smallest absolute Gasteiger partial charge is 0.206 e. The minimum Gasteiger partial charge on any atom is -0.496 e. The Balaban J connectivity index is 2.31. The highest BCUT2D eigenvalue weighted by Crippen LogP contribution is 2.34. The highest BCUT2D eigenvalue weighted by Gasteiger charge is 2.14. The summed E-state index contributed by atoms with van der Waals surface area (Å²) in [6, 6.07) is 4.39. The third kappa shape index (κ3) is 1.53. The predicted octanol–water partition coefficient (Wildman–Crippen LogP) is 2.79. The molecule has 0 aliphatic rings. The number of hydrogen-bond donors (Lipinski definition) is 1. The van der Waals surface area contributed by atoms with Gasteiger partial charge in [0.15, 0.2) is 0 Å². The standard InChI is InChI=1S/C12H10FN3OS/c1-17-10-3-2-7(13)4-8(10)9-6-18-11-5-15-12(14)16(9)11/h2-6H,1H3,(H2,14,15). The van der Waals surface area contributed by atoms with Crippen molar-refractivity contribution in [3.63, 3.8) is 0 Å². The van der Waals surface area contributed by atoms with Gasteiger partial charge in [-0.25, -0.2) is 9.37 Å². The maximum absolute atomic E-state index is 13.4. The van der Waals surface area contributed by atoms with E-state index in [4.69, 9.17) is 10.5 Å². The lowest BCUT2D eigenvalue weighted by Crippen LogP contribution is -1.96. The summed E-state index contributed by atoms with van der Waals surface area (Å²) < 4.78 is 20.4. The topological polar surface area (TPSA) is 52.5 Å². The number of nitrogens with two attached hydrogens (primary N) is 1. The van der Waals surface area contributed by atoms with Crippen LogP contribution in [0.15, 0.2) is 29.8 Å². The Morgan fingerprint density at radius 2 is 2.28 bits per heavy atom. The fourth-order valence-electron chi connectivity index (χ4n) is 1.91. The first-order chi connectivity index (χ1) is 8.70. The van der Waals surface area contributed by atoms with E-state index in [1.807, 2.05) is 5.38 Å². The molecule has 0 bridgehead atoms. The van der Waals surface area contributed by atoms with Crippen molar-refractivity contribution in [2.24, 2.45) is 0 Å². The van der Waals surface area contributed by atoms with Crippen molar-refractivity contribution in [2.45, 2.75) is 0 Å². The van der Waals surface area contributed by atoms with Gasteiger partial charge in [0.1, 0.15) is 16.4 Å². The summed E-state index contributed by atoms with van der Waals surface area (Å²) in [5, 5.41) is 1.91. The third-order valence-electron chi connectivity index (χ3n) is 2.73. The molecule has 0 aliphatic heterocycles. The van der Waals surface area contributed by atoms with E-state index < -0.39 is 0 Å².